The van der Waals surface area contributed by atoms with Crippen LogP contribution < -0.4 is 0 Å². The van der Waals surface area contributed by atoms with Crippen molar-refractivity contribution in [3.8, 4) is 0 Å². The summed E-state index contributed by atoms with van der Waals surface area (Å²) < 4.78 is 3.07. The van der Waals surface area contributed by atoms with E-state index < -0.39 is 0 Å². The fourth-order valence-electron chi connectivity index (χ4n) is 1.55. The second-order valence-corrected chi connectivity index (χ2v) is 4.60. The molecule has 0 aliphatic heterocycles. The van der Waals surface area contributed by atoms with Gasteiger partial charge in [-0.3, -0.25) is 4.68 Å². The highest BCUT2D eigenvalue weighted by Crippen LogP contribution is 2.05. The van der Waals surface area contributed by atoms with Crippen molar-refractivity contribution in [2.75, 3.05) is 0 Å². The van der Waals surface area contributed by atoms with Crippen molar-refractivity contribution in [2.24, 2.45) is 0 Å². The highest BCUT2D eigenvalue weighted by Gasteiger charge is 1.95. The number of halogens is 1. The Morgan fingerprint density at radius 2 is 1.93 bits per heavy atom. The maximum absolute atomic E-state index is 4.35. The van der Waals surface area contributed by atoms with Crippen LogP contribution in [0.3, 0.4) is 0 Å². The Balaban J connectivity index is 1.80. The van der Waals surface area contributed by atoms with Gasteiger partial charge in [0.25, 0.3) is 0 Å². The van der Waals surface area contributed by atoms with Crippen LogP contribution in [0.5, 0.6) is 0 Å². The third-order valence-electron chi connectivity index (χ3n) is 2.30. The topological polar surface area (TPSA) is 17.8 Å². The lowest BCUT2D eigenvalue weighted by molar-refractivity contribution is 0.576. The first-order chi connectivity index (χ1) is 7.34. The molecule has 0 radical (unpaired) electrons. The van der Waals surface area contributed by atoms with Crippen molar-refractivity contribution >= 4 is 22.6 Å². The van der Waals surface area contributed by atoms with Crippen LogP contribution in [0.4, 0.5) is 0 Å². The van der Waals surface area contributed by atoms with E-state index in [1.54, 1.807) is 0 Å². The molecular formula is C12H13IN2. The van der Waals surface area contributed by atoms with Crippen LogP contribution in [0, 0.1) is 3.70 Å². The van der Waals surface area contributed by atoms with Crippen molar-refractivity contribution in [1.29, 1.82) is 0 Å². The molecule has 1 heterocycles. The molecule has 0 aliphatic carbocycles. The van der Waals surface area contributed by atoms with Gasteiger partial charge >= 0.3 is 0 Å². The Morgan fingerprint density at radius 1 is 1.13 bits per heavy atom. The van der Waals surface area contributed by atoms with Gasteiger partial charge < -0.3 is 0 Å². The Hall–Kier alpha value is -0.840. The van der Waals surface area contributed by atoms with Gasteiger partial charge in [0.05, 0.1) is 0 Å². The molecule has 0 unspecified atom stereocenters. The predicted octanol–water partition coefficient (Wildman–Crippen LogP) is 3.12. The molecule has 0 atom stereocenters. The summed E-state index contributed by atoms with van der Waals surface area (Å²) in [5.74, 6) is 0. The smallest absolute Gasteiger partial charge is 0.123 e. The molecule has 0 fully saturated rings. The van der Waals surface area contributed by atoms with Gasteiger partial charge in [-0.25, -0.2) is 0 Å². The molecule has 0 amide bonds. The van der Waals surface area contributed by atoms with Crippen LogP contribution >= 0.6 is 22.6 Å². The SMILES string of the molecule is Ic1ccn(CCCc2ccccc2)n1. The Kier molecular flexibility index (Phi) is 3.77. The fraction of sp³-hybridized carbons (Fsp3) is 0.250. The van der Waals surface area contributed by atoms with E-state index in [-0.39, 0.29) is 0 Å². The number of benzene rings is 1. The number of nitrogens with zero attached hydrogens (tertiary/aromatic N) is 2. The van der Waals surface area contributed by atoms with Gasteiger partial charge in [0, 0.05) is 12.7 Å². The first-order valence-corrected chi connectivity index (χ1v) is 6.15. The summed E-state index contributed by atoms with van der Waals surface area (Å²) in [6.07, 6.45) is 4.30. The monoisotopic (exact) mass is 312 g/mol. The largest absolute Gasteiger partial charge is 0.272 e. The first-order valence-electron chi connectivity index (χ1n) is 5.07. The molecule has 0 N–H and O–H groups in total. The third kappa shape index (κ3) is 3.34. The highest BCUT2D eigenvalue weighted by atomic mass is 127. The van der Waals surface area contributed by atoms with Crippen molar-refractivity contribution in [1.82, 2.24) is 9.78 Å². The van der Waals surface area contributed by atoms with Gasteiger partial charge in [-0.2, -0.15) is 5.10 Å². The Labute approximate surface area is 103 Å². The van der Waals surface area contributed by atoms with E-state index in [0.29, 0.717) is 0 Å². The minimum Gasteiger partial charge on any atom is -0.272 e. The number of hydrogen-bond acceptors (Lipinski definition) is 1. The lowest BCUT2D eigenvalue weighted by atomic mass is 10.1. The maximum atomic E-state index is 4.35. The van der Waals surface area contributed by atoms with Crippen molar-refractivity contribution in [3.63, 3.8) is 0 Å². The molecule has 15 heavy (non-hydrogen) atoms. The summed E-state index contributed by atoms with van der Waals surface area (Å²) in [6.45, 7) is 0.998. The minimum atomic E-state index is 0.998. The normalized spacial score (nSPS) is 10.5. The standard InChI is InChI=1S/C12H13IN2/c13-12-8-10-15(14-12)9-4-7-11-5-2-1-3-6-11/h1-3,5-6,8,10H,4,7,9H2. The fourth-order valence-corrected chi connectivity index (χ4v) is 1.99. The molecule has 0 saturated carbocycles. The summed E-state index contributed by atoms with van der Waals surface area (Å²) in [6, 6.07) is 12.6. The Morgan fingerprint density at radius 3 is 2.60 bits per heavy atom. The predicted molar refractivity (Wildman–Crippen MR) is 69.7 cm³/mol. The summed E-state index contributed by atoms with van der Waals surface area (Å²) >= 11 is 2.23. The van der Waals surface area contributed by atoms with E-state index in [1.807, 2.05) is 16.9 Å². The molecule has 1 aromatic heterocycles. The van der Waals surface area contributed by atoms with Crippen LogP contribution in [0.2, 0.25) is 0 Å². The van der Waals surface area contributed by atoms with Crippen molar-refractivity contribution < 1.29 is 0 Å². The number of aromatic nitrogens is 2. The van der Waals surface area contributed by atoms with Crippen LogP contribution in [0.25, 0.3) is 0 Å². The minimum absolute atomic E-state index is 0.998. The van der Waals surface area contributed by atoms with Crippen molar-refractivity contribution in [3.05, 3.63) is 51.9 Å². The van der Waals surface area contributed by atoms with Gasteiger partial charge in [-0.15, -0.1) is 0 Å². The second-order valence-electron chi connectivity index (χ2n) is 3.49. The zero-order valence-electron chi connectivity index (χ0n) is 8.44. The van der Waals surface area contributed by atoms with E-state index >= 15 is 0 Å². The molecule has 0 aliphatic rings. The van der Waals surface area contributed by atoms with Gasteiger partial charge in [0.15, 0.2) is 0 Å². The third-order valence-corrected chi connectivity index (χ3v) is 2.88. The molecule has 2 nitrogen and oxygen atoms in total. The van der Waals surface area contributed by atoms with E-state index in [2.05, 4.69) is 58.0 Å². The second kappa shape index (κ2) is 5.30. The van der Waals surface area contributed by atoms with E-state index in [9.17, 15) is 0 Å². The Bertz CT molecular complexity index is 409. The van der Waals surface area contributed by atoms with E-state index in [1.165, 1.54) is 5.56 Å². The number of rotatable bonds is 4. The van der Waals surface area contributed by atoms with Crippen LogP contribution in [-0.2, 0) is 13.0 Å². The average molecular weight is 312 g/mol. The van der Waals surface area contributed by atoms with Crippen molar-refractivity contribution in [2.45, 2.75) is 19.4 Å². The molecule has 1 aromatic carbocycles. The average Bonchev–Trinajstić information content (AvgIpc) is 2.66. The lowest BCUT2D eigenvalue weighted by Crippen LogP contribution is -2.00. The van der Waals surface area contributed by atoms with Gasteiger partial charge in [-0.05, 0) is 47.1 Å². The summed E-state index contributed by atoms with van der Waals surface area (Å²) in [7, 11) is 0. The molecule has 78 valence electrons. The molecule has 0 spiro atoms. The lowest BCUT2D eigenvalue weighted by Gasteiger charge is -2.01. The zero-order valence-corrected chi connectivity index (χ0v) is 10.6. The van der Waals surface area contributed by atoms with E-state index in [4.69, 9.17) is 0 Å². The quantitative estimate of drug-likeness (QED) is 0.793. The summed E-state index contributed by atoms with van der Waals surface area (Å²) in [5.41, 5.74) is 1.40. The van der Waals surface area contributed by atoms with Gasteiger partial charge in [0.1, 0.15) is 3.70 Å². The number of aryl methyl sites for hydroxylation is 2. The molecule has 0 saturated heterocycles. The van der Waals surface area contributed by atoms with Crippen LogP contribution in [0.15, 0.2) is 42.6 Å². The molecule has 0 bridgehead atoms. The molecule has 3 heteroatoms. The van der Waals surface area contributed by atoms with Crippen LogP contribution in [-0.4, -0.2) is 9.78 Å². The number of hydrogen-bond donors (Lipinski definition) is 0. The highest BCUT2D eigenvalue weighted by molar-refractivity contribution is 14.1. The summed E-state index contributed by atoms with van der Waals surface area (Å²) in [4.78, 5) is 0. The molecular weight excluding hydrogens is 299 g/mol. The van der Waals surface area contributed by atoms with Crippen LogP contribution in [0.1, 0.15) is 12.0 Å². The van der Waals surface area contributed by atoms with Gasteiger partial charge in [0.2, 0.25) is 0 Å². The summed E-state index contributed by atoms with van der Waals surface area (Å²) in [5, 5.41) is 4.35. The van der Waals surface area contributed by atoms with E-state index in [0.717, 1.165) is 23.1 Å². The van der Waals surface area contributed by atoms with Gasteiger partial charge in [-0.1, -0.05) is 30.3 Å². The molecule has 2 rings (SSSR count). The maximum Gasteiger partial charge on any atom is 0.123 e. The zero-order chi connectivity index (χ0) is 10.5. The first kappa shape index (κ1) is 10.7. The molecule has 2 aromatic rings.